The topological polar surface area (TPSA) is 52.6 Å². The van der Waals surface area contributed by atoms with E-state index in [1.165, 1.54) is 0 Å². The molecular weight excluding hydrogens is 244 g/mol. The van der Waals surface area contributed by atoms with Crippen molar-refractivity contribution in [1.82, 2.24) is 0 Å². The van der Waals surface area contributed by atoms with Crippen LogP contribution in [0.25, 0.3) is 0 Å². The van der Waals surface area contributed by atoms with E-state index in [2.05, 4.69) is 0 Å². The van der Waals surface area contributed by atoms with Crippen molar-refractivity contribution in [3.05, 3.63) is 0 Å². The summed E-state index contributed by atoms with van der Waals surface area (Å²) < 4.78 is 10.6. The molecule has 4 nitrogen and oxygen atoms in total. The molecule has 4 atom stereocenters. The fourth-order valence-corrected chi connectivity index (χ4v) is 3.03. The van der Waals surface area contributed by atoms with Gasteiger partial charge in [-0.25, -0.2) is 0 Å². The Balaban J connectivity index is 2.04. The first-order chi connectivity index (χ1) is 8.88. The summed E-state index contributed by atoms with van der Waals surface area (Å²) >= 11 is 0. The summed E-state index contributed by atoms with van der Waals surface area (Å²) in [4.78, 5) is 24.3. The van der Waals surface area contributed by atoms with Crippen molar-refractivity contribution in [3.63, 3.8) is 0 Å². The van der Waals surface area contributed by atoms with Crippen molar-refractivity contribution < 1.29 is 19.1 Å². The summed E-state index contributed by atoms with van der Waals surface area (Å²) in [6.07, 6.45) is 2.46. The van der Waals surface area contributed by atoms with E-state index in [1.807, 2.05) is 27.7 Å². The molecule has 4 heteroatoms. The molecule has 0 N–H and O–H groups in total. The van der Waals surface area contributed by atoms with Crippen molar-refractivity contribution in [1.29, 1.82) is 0 Å². The fraction of sp³-hybridized carbons (Fsp3) is 0.867. The van der Waals surface area contributed by atoms with E-state index in [1.54, 1.807) is 0 Å². The van der Waals surface area contributed by atoms with Gasteiger partial charge in [-0.15, -0.1) is 0 Å². The lowest BCUT2D eigenvalue weighted by molar-refractivity contribution is -0.167. The number of ether oxygens (including phenoxy) is 2. The monoisotopic (exact) mass is 268 g/mol. The zero-order valence-electron chi connectivity index (χ0n) is 12.2. The van der Waals surface area contributed by atoms with Crippen molar-refractivity contribution in [2.24, 2.45) is 23.7 Å². The quantitative estimate of drug-likeness (QED) is 0.735. The SMILES string of the molecule is CC(C)OC(=O)C1CC2CC2CC1C(=O)OC(C)C. The van der Waals surface area contributed by atoms with Crippen molar-refractivity contribution in [3.8, 4) is 0 Å². The summed E-state index contributed by atoms with van der Waals surface area (Å²) in [5, 5.41) is 0. The predicted octanol–water partition coefficient (Wildman–Crippen LogP) is 2.55. The van der Waals surface area contributed by atoms with E-state index >= 15 is 0 Å². The Labute approximate surface area is 114 Å². The van der Waals surface area contributed by atoms with Gasteiger partial charge in [-0.2, -0.15) is 0 Å². The molecule has 0 saturated heterocycles. The highest BCUT2D eigenvalue weighted by Gasteiger charge is 2.52. The zero-order chi connectivity index (χ0) is 14.2. The standard InChI is InChI=1S/C15H24O4/c1-8(2)18-14(16)12-6-10-5-11(10)7-13(12)15(17)19-9(3)4/h8-13H,5-7H2,1-4H3. The second-order valence-electron chi connectivity index (χ2n) is 6.41. The predicted molar refractivity (Wildman–Crippen MR) is 70.3 cm³/mol. The maximum atomic E-state index is 12.1. The van der Waals surface area contributed by atoms with Crippen LogP contribution in [-0.4, -0.2) is 24.1 Å². The molecule has 4 unspecified atom stereocenters. The zero-order valence-corrected chi connectivity index (χ0v) is 12.2. The highest BCUT2D eigenvalue weighted by atomic mass is 16.6. The van der Waals surface area contributed by atoms with Gasteiger partial charge in [0.25, 0.3) is 0 Å². The Morgan fingerprint density at radius 3 is 1.47 bits per heavy atom. The average Bonchev–Trinajstić information content (AvgIpc) is 3.03. The van der Waals surface area contributed by atoms with Gasteiger partial charge in [0, 0.05) is 0 Å². The van der Waals surface area contributed by atoms with Gasteiger partial charge in [-0.3, -0.25) is 9.59 Å². The Morgan fingerprint density at radius 2 is 1.16 bits per heavy atom. The van der Waals surface area contributed by atoms with Crippen LogP contribution in [0, 0.1) is 23.7 Å². The summed E-state index contributed by atoms with van der Waals surface area (Å²) in [7, 11) is 0. The molecule has 0 aliphatic heterocycles. The number of carbonyl (C=O) groups is 2. The molecule has 0 aromatic carbocycles. The lowest BCUT2D eigenvalue weighted by Crippen LogP contribution is -2.37. The number of esters is 2. The van der Waals surface area contributed by atoms with Crippen LogP contribution in [-0.2, 0) is 19.1 Å². The Bertz CT molecular complexity index is 327. The Morgan fingerprint density at radius 1 is 0.789 bits per heavy atom. The van der Waals surface area contributed by atoms with Crippen LogP contribution < -0.4 is 0 Å². The number of fused-ring (bicyclic) bond motifs is 1. The minimum atomic E-state index is -0.308. The minimum absolute atomic E-state index is 0.133. The molecule has 2 saturated carbocycles. The van der Waals surface area contributed by atoms with Crippen molar-refractivity contribution in [2.75, 3.05) is 0 Å². The number of hydrogen-bond donors (Lipinski definition) is 0. The molecule has 19 heavy (non-hydrogen) atoms. The van der Waals surface area contributed by atoms with E-state index in [9.17, 15) is 9.59 Å². The number of carbonyl (C=O) groups excluding carboxylic acids is 2. The third-order valence-electron chi connectivity index (χ3n) is 3.98. The molecule has 2 rings (SSSR count). The molecule has 108 valence electrons. The van der Waals surface area contributed by atoms with Crippen LogP contribution in [0.5, 0.6) is 0 Å². The first-order valence-electron chi connectivity index (χ1n) is 7.29. The minimum Gasteiger partial charge on any atom is -0.463 e. The lowest BCUT2D eigenvalue weighted by Gasteiger charge is -2.29. The van der Waals surface area contributed by atoms with E-state index in [-0.39, 0.29) is 36.0 Å². The highest BCUT2D eigenvalue weighted by Crippen LogP contribution is 2.54. The normalized spacial score (nSPS) is 32.9. The largest absolute Gasteiger partial charge is 0.463 e. The van der Waals surface area contributed by atoms with Crippen molar-refractivity contribution >= 4 is 11.9 Å². The van der Waals surface area contributed by atoms with Gasteiger partial charge in [0.15, 0.2) is 0 Å². The molecule has 0 radical (unpaired) electrons. The van der Waals surface area contributed by atoms with Gasteiger partial charge in [-0.05, 0) is 58.8 Å². The Hall–Kier alpha value is -1.06. The van der Waals surface area contributed by atoms with E-state index < -0.39 is 0 Å². The first kappa shape index (κ1) is 14.4. The molecule has 2 aliphatic rings. The molecule has 0 aromatic rings. The van der Waals surface area contributed by atoms with Crippen molar-refractivity contribution in [2.45, 2.75) is 59.2 Å². The molecule has 0 heterocycles. The van der Waals surface area contributed by atoms with E-state index in [4.69, 9.17) is 9.47 Å². The van der Waals surface area contributed by atoms with Crippen LogP contribution in [0.4, 0.5) is 0 Å². The van der Waals surface area contributed by atoms with E-state index in [0.29, 0.717) is 11.8 Å². The van der Waals surface area contributed by atoms with Gasteiger partial charge < -0.3 is 9.47 Å². The second-order valence-corrected chi connectivity index (χ2v) is 6.41. The molecule has 2 fully saturated rings. The fourth-order valence-electron chi connectivity index (χ4n) is 3.03. The van der Waals surface area contributed by atoms with Crippen LogP contribution in [0.3, 0.4) is 0 Å². The number of rotatable bonds is 4. The van der Waals surface area contributed by atoms with Gasteiger partial charge in [-0.1, -0.05) is 0 Å². The van der Waals surface area contributed by atoms with Crippen LogP contribution in [0.2, 0.25) is 0 Å². The lowest BCUT2D eigenvalue weighted by atomic mass is 9.79. The van der Waals surface area contributed by atoms with Gasteiger partial charge in [0.2, 0.25) is 0 Å². The summed E-state index contributed by atoms with van der Waals surface area (Å²) in [5.41, 5.74) is 0. The maximum absolute atomic E-state index is 12.1. The smallest absolute Gasteiger partial charge is 0.310 e. The summed E-state index contributed by atoms with van der Waals surface area (Å²) in [6.45, 7) is 7.34. The third kappa shape index (κ3) is 3.48. The van der Waals surface area contributed by atoms with Crippen LogP contribution in [0.1, 0.15) is 47.0 Å². The Kier molecular flexibility index (Phi) is 4.16. The van der Waals surface area contributed by atoms with Gasteiger partial charge in [0.1, 0.15) is 0 Å². The molecular formula is C15H24O4. The molecule has 2 aliphatic carbocycles. The average molecular weight is 268 g/mol. The number of hydrogen-bond acceptors (Lipinski definition) is 4. The molecule has 0 amide bonds. The summed E-state index contributed by atoms with van der Waals surface area (Å²) in [5.74, 6) is 0.160. The highest BCUT2D eigenvalue weighted by molar-refractivity contribution is 5.82. The van der Waals surface area contributed by atoms with Gasteiger partial charge in [0.05, 0.1) is 24.0 Å². The van der Waals surface area contributed by atoms with Crippen LogP contribution >= 0.6 is 0 Å². The first-order valence-corrected chi connectivity index (χ1v) is 7.29. The molecule has 0 spiro atoms. The third-order valence-corrected chi connectivity index (χ3v) is 3.98. The van der Waals surface area contributed by atoms with Crippen LogP contribution in [0.15, 0.2) is 0 Å². The molecule has 0 aromatic heterocycles. The maximum Gasteiger partial charge on any atom is 0.310 e. The van der Waals surface area contributed by atoms with E-state index in [0.717, 1.165) is 19.3 Å². The second kappa shape index (κ2) is 5.51. The van der Waals surface area contributed by atoms with Gasteiger partial charge >= 0.3 is 11.9 Å². The molecule has 0 bridgehead atoms. The summed E-state index contributed by atoms with van der Waals surface area (Å²) in [6, 6.07) is 0.